The number of para-hydroxylation sites is 1. The molecule has 3 rings (SSSR count). The number of thiazole rings is 1. The van der Waals surface area contributed by atoms with Gasteiger partial charge in [0.25, 0.3) is 0 Å². The summed E-state index contributed by atoms with van der Waals surface area (Å²) in [5.41, 5.74) is 3.56. The Bertz CT molecular complexity index is 647. The highest BCUT2D eigenvalue weighted by atomic mass is 32.2. The van der Waals surface area contributed by atoms with Crippen LogP contribution < -0.4 is 11.3 Å². The molecule has 2 heterocycles. The van der Waals surface area contributed by atoms with Gasteiger partial charge in [0.1, 0.15) is 10.8 Å². The van der Waals surface area contributed by atoms with Crippen molar-refractivity contribution >= 4 is 39.1 Å². The minimum absolute atomic E-state index is 0.654. The van der Waals surface area contributed by atoms with Crippen LogP contribution in [0.25, 0.3) is 10.2 Å². The predicted octanol–water partition coefficient (Wildman–Crippen LogP) is 3.13. The summed E-state index contributed by atoms with van der Waals surface area (Å²) in [6.45, 7) is 0. The molecule has 0 aliphatic carbocycles. The number of benzene rings is 1. The molecule has 3 aromatic rings. The first-order valence-electron chi connectivity index (χ1n) is 5.32. The molecule has 0 radical (unpaired) electrons. The predicted molar refractivity (Wildman–Crippen MR) is 75.8 cm³/mol. The lowest BCUT2D eigenvalue weighted by atomic mass is 10.3. The Labute approximate surface area is 112 Å². The summed E-state index contributed by atoms with van der Waals surface area (Å²) in [6, 6.07) is 13.8. The maximum Gasteiger partial charge on any atom is 0.157 e. The fraction of sp³-hybridized carbons (Fsp3) is 0. The summed E-state index contributed by atoms with van der Waals surface area (Å²) in [5, 5.41) is 0.879. The molecule has 0 bridgehead atoms. The second kappa shape index (κ2) is 4.93. The number of hydrazine groups is 1. The molecule has 0 saturated carbocycles. The number of aromatic nitrogens is 2. The van der Waals surface area contributed by atoms with Gasteiger partial charge in [-0.1, -0.05) is 18.2 Å². The molecular formula is C12H10N4S2. The topological polar surface area (TPSA) is 63.8 Å². The summed E-state index contributed by atoms with van der Waals surface area (Å²) in [6.07, 6.45) is 0. The Kier molecular flexibility index (Phi) is 3.14. The SMILES string of the molecule is NNc1cccc(Sc2nc3ccccc3s2)n1. The van der Waals surface area contributed by atoms with E-state index >= 15 is 0 Å². The van der Waals surface area contributed by atoms with E-state index in [-0.39, 0.29) is 0 Å². The average molecular weight is 274 g/mol. The molecule has 0 aliphatic heterocycles. The number of nitrogens with one attached hydrogen (secondary N) is 1. The van der Waals surface area contributed by atoms with Gasteiger partial charge in [-0.25, -0.2) is 15.8 Å². The van der Waals surface area contributed by atoms with Crippen LogP contribution in [0.1, 0.15) is 0 Å². The van der Waals surface area contributed by atoms with Crippen molar-refractivity contribution in [2.75, 3.05) is 5.43 Å². The van der Waals surface area contributed by atoms with Gasteiger partial charge < -0.3 is 5.43 Å². The van der Waals surface area contributed by atoms with Crippen molar-refractivity contribution < 1.29 is 0 Å². The first-order valence-corrected chi connectivity index (χ1v) is 6.95. The number of nitrogen functional groups attached to an aromatic ring is 1. The number of nitrogens with two attached hydrogens (primary N) is 1. The lowest BCUT2D eigenvalue weighted by molar-refractivity contribution is 1.10. The first-order chi connectivity index (χ1) is 8.85. The fourth-order valence-corrected chi connectivity index (χ4v) is 3.54. The van der Waals surface area contributed by atoms with Crippen molar-refractivity contribution in [3.63, 3.8) is 0 Å². The van der Waals surface area contributed by atoms with Crippen LogP contribution in [0.2, 0.25) is 0 Å². The quantitative estimate of drug-likeness (QED) is 0.567. The van der Waals surface area contributed by atoms with E-state index in [1.807, 2.05) is 36.4 Å². The maximum absolute atomic E-state index is 5.34. The van der Waals surface area contributed by atoms with E-state index in [0.717, 1.165) is 14.9 Å². The molecule has 2 aromatic heterocycles. The Morgan fingerprint density at radius 2 is 1.94 bits per heavy atom. The maximum atomic E-state index is 5.34. The van der Waals surface area contributed by atoms with Crippen LogP contribution in [-0.4, -0.2) is 9.97 Å². The van der Waals surface area contributed by atoms with Crippen molar-refractivity contribution in [2.24, 2.45) is 5.84 Å². The average Bonchev–Trinajstić information content (AvgIpc) is 2.81. The van der Waals surface area contributed by atoms with E-state index in [4.69, 9.17) is 5.84 Å². The molecule has 90 valence electrons. The van der Waals surface area contributed by atoms with Crippen molar-refractivity contribution in [3.05, 3.63) is 42.5 Å². The van der Waals surface area contributed by atoms with Crippen molar-refractivity contribution in [1.29, 1.82) is 0 Å². The van der Waals surface area contributed by atoms with Crippen LogP contribution in [0.4, 0.5) is 5.82 Å². The molecule has 3 N–H and O–H groups in total. The zero-order valence-corrected chi connectivity index (χ0v) is 11.0. The van der Waals surface area contributed by atoms with Crippen molar-refractivity contribution in [3.8, 4) is 0 Å². The second-order valence-electron chi connectivity index (χ2n) is 3.55. The smallest absolute Gasteiger partial charge is 0.157 e. The minimum atomic E-state index is 0.654. The number of hydrogen-bond acceptors (Lipinski definition) is 6. The molecule has 0 spiro atoms. The summed E-state index contributed by atoms with van der Waals surface area (Å²) < 4.78 is 2.17. The van der Waals surface area contributed by atoms with Gasteiger partial charge in [0.05, 0.1) is 10.2 Å². The number of rotatable bonds is 3. The lowest BCUT2D eigenvalue weighted by Crippen LogP contribution is -2.08. The van der Waals surface area contributed by atoms with Gasteiger partial charge in [0.15, 0.2) is 4.34 Å². The zero-order valence-electron chi connectivity index (χ0n) is 9.33. The molecule has 4 nitrogen and oxygen atoms in total. The summed E-state index contributed by atoms with van der Waals surface area (Å²) in [5.74, 6) is 5.99. The number of hydrogen-bond donors (Lipinski definition) is 2. The molecule has 0 saturated heterocycles. The third kappa shape index (κ3) is 2.31. The van der Waals surface area contributed by atoms with Gasteiger partial charge >= 0.3 is 0 Å². The molecule has 18 heavy (non-hydrogen) atoms. The number of nitrogens with zero attached hydrogens (tertiary/aromatic N) is 2. The largest absolute Gasteiger partial charge is 0.308 e. The molecule has 0 aliphatic rings. The molecule has 0 atom stereocenters. The van der Waals surface area contributed by atoms with Crippen LogP contribution in [0.5, 0.6) is 0 Å². The summed E-state index contributed by atoms with van der Waals surface area (Å²) >= 11 is 3.21. The molecular weight excluding hydrogens is 264 g/mol. The van der Waals surface area contributed by atoms with Gasteiger partial charge in [0, 0.05) is 0 Å². The standard InChI is InChI=1S/C12H10N4S2/c13-16-10-6-3-7-11(15-10)18-12-14-8-4-1-2-5-9(8)17-12/h1-7H,13H2,(H,15,16). The van der Waals surface area contributed by atoms with E-state index in [2.05, 4.69) is 21.5 Å². The van der Waals surface area contributed by atoms with Gasteiger partial charge in [-0.15, -0.1) is 11.3 Å². The van der Waals surface area contributed by atoms with Crippen LogP contribution in [-0.2, 0) is 0 Å². The monoisotopic (exact) mass is 274 g/mol. The second-order valence-corrected chi connectivity index (χ2v) is 5.85. The first kappa shape index (κ1) is 11.5. The van der Waals surface area contributed by atoms with Crippen LogP contribution in [0.3, 0.4) is 0 Å². The lowest BCUT2D eigenvalue weighted by Gasteiger charge is -2.00. The van der Waals surface area contributed by atoms with E-state index in [0.29, 0.717) is 5.82 Å². The van der Waals surface area contributed by atoms with Crippen molar-refractivity contribution in [1.82, 2.24) is 9.97 Å². The molecule has 0 fully saturated rings. The van der Waals surface area contributed by atoms with Crippen LogP contribution in [0.15, 0.2) is 51.8 Å². The summed E-state index contributed by atoms with van der Waals surface area (Å²) in [7, 11) is 0. The highest BCUT2D eigenvalue weighted by molar-refractivity contribution is 8.01. The number of anilines is 1. The molecule has 1 aromatic carbocycles. The number of fused-ring (bicyclic) bond motifs is 1. The van der Waals surface area contributed by atoms with Crippen LogP contribution in [0, 0.1) is 0 Å². The number of pyridine rings is 1. The normalized spacial score (nSPS) is 10.7. The zero-order chi connectivity index (χ0) is 12.4. The van der Waals surface area contributed by atoms with Crippen molar-refractivity contribution in [2.45, 2.75) is 9.37 Å². The Morgan fingerprint density at radius 1 is 1.06 bits per heavy atom. The molecule has 0 unspecified atom stereocenters. The van der Waals surface area contributed by atoms with Gasteiger partial charge in [0.2, 0.25) is 0 Å². The van der Waals surface area contributed by atoms with Crippen LogP contribution >= 0.6 is 23.1 Å². The Hall–Kier alpha value is -1.63. The highest BCUT2D eigenvalue weighted by Crippen LogP contribution is 2.33. The highest BCUT2D eigenvalue weighted by Gasteiger charge is 2.06. The minimum Gasteiger partial charge on any atom is -0.308 e. The summed E-state index contributed by atoms with van der Waals surface area (Å²) in [4.78, 5) is 8.90. The fourth-order valence-electron chi connectivity index (χ4n) is 1.54. The van der Waals surface area contributed by atoms with E-state index in [9.17, 15) is 0 Å². The third-order valence-electron chi connectivity index (χ3n) is 2.34. The van der Waals surface area contributed by atoms with E-state index < -0.39 is 0 Å². The van der Waals surface area contributed by atoms with Gasteiger partial charge in [-0.3, -0.25) is 0 Å². The van der Waals surface area contributed by atoms with E-state index in [1.165, 1.54) is 4.70 Å². The van der Waals surface area contributed by atoms with Gasteiger partial charge in [-0.05, 0) is 36.0 Å². The third-order valence-corrected chi connectivity index (χ3v) is 4.37. The molecule has 6 heteroatoms. The Balaban J connectivity index is 1.91. The molecule has 0 amide bonds. The van der Waals surface area contributed by atoms with E-state index in [1.54, 1.807) is 23.1 Å². The van der Waals surface area contributed by atoms with Gasteiger partial charge in [-0.2, -0.15) is 0 Å². The Morgan fingerprint density at radius 3 is 2.78 bits per heavy atom.